The molecule has 1 aliphatic carbocycles. The van der Waals surface area contributed by atoms with Gasteiger partial charge in [-0.1, -0.05) is 43.3 Å². The summed E-state index contributed by atoms with van der Waals surface area (Å²) >= 11 is 1.56. The molecule has 0 unspecified atom stereocenters. The zero-order valence-electron chi connectivity index (χ0n) is 31.2. The van der Waals surface area contributed by atoms with Gasteiger partial charge in [0.2, 0.25) is 5.13 Å². The Kier molecular flexibility index (Phi) is 10.9. The number of nitrogens with one attached hydrogen (secondary N) is 2. The molecular formula is C36H51N7O5SSi. The second-order valence-electron chi connectivity index (χ2n) is 15.5. The molecule has 1 fully saturated rings. The van der Waals surface area contributed by atoms with E-state index in [-0.39, 0.29) is 10.6 Å². The zero-order valence-corrected chi connectivity index (χ0v) is 33.1. The first-order valence-electron chi connectivity index (χ1n) is 17.3. The number of benzene rings is 1. The smallest absolute Gasteiger partial charge is 0.407 e. The highest BCUT2D eigenvalue weighted by Crippen LogP contribution is 2.46. The summed E-state index contributed by atoms with van der Waals surface area (Å²) in [6.45, 7) is 23.3. The standard InChI is InChI=1S/C36H51N7O5SSi/c1-21-28(27-22(2)43-47-23(27)3)37-31(38-30(21)39-33-42-41-32(49-33)24-17-18-24)25-15-14-16-26(29(25)48-50(10,11)36(7,8)9)45-19-12-13-20-46-34(44)40-35(4,5)6/h14-16,24H,12-13,17-20H2,1-11H3,(H,40,44)(H,37,38,39,42). The largest absolute Gasteiger partial charge is 0.541 e. The monoisotopic (exact) mass is 721 g/mol. The maximum absolute atomic E-state index is 12.0. The first-order valence-corrected chi connectivity index (χ1v) is 21.0. The number of unbranched alkanes of at least 4 members (excludes halogenated alkanes) is 1. The molecule has 0 spiro atoms. The molecule has 5 rings (SSSR count). The lowest BCUT2D eigenvalue weighted by atomic mass is 10.0. The van der Waals surface area contributed by atoms with Crippen LogP contribution in [0.25, 0.3) is 22.6 Å². The number of aryl methyl sites for hydroxylation is 2. The molecule has 3 heterocycles. The molecule has 270 valence electrons. The van der Waals surface area contributed by atoms with Crippen LogP contribution in [0.1, 0.15) is 95.2 Å². The predicted octanol–water partition coefficient (Wildman–Crippen LogP) is 9.26. The van der Waals surface area contributed by atoms with Crippen molar-refractivity contribution >= 4 is 36.7 Å². The number of carbonyl (C=O) groups is 1. The fourth-order valence-electron chi connectivity index (χ4n) is 4.92. The molecule has 0 bridgehead atoms. The van der Waals surface area contributed by atoms with Gasteiger partial charge in [0.1, 0.15) is 16.6 Å². The molecule has 2 N–H and O–H groups in total. The van der Waals surface area contributed by atoms with E-state index in [1.807, 2.05) is 59.7 Å². The first-order chi connectivity index (χ1) is 23.4. The van der Waals surface area contributed by atoms with Crippen LogP contribution in [0.5, 0.6) is 11.5 Å². The van der Waals surface area contributed by atoms with Crippen molar-refractivity contribution in [2.24, 2.45) is 0 Å². The molecular weight excluding hydrogens is 671 g/mol. The van der Waals surface area contributed by atoms with Crippen LogP contribution >= 0.6 is 11.3 Å². The van der Waals surface area contributed by atoms with Gasteiger partial charge in [0, 0.05) is 17.0 Å². The van der Waals surface area contributed by atoms with E-state index in [9.17, 15) is 4.79 Å². The number of alkyl carbamates (subject to hydrolysis) is 1. The quantitative estimate of drug-likeness (QED) is 0.101. The Labute approximate surface area is 300 Å². The maximum atomic E-state index is 12.0. The number of hydrogen-bond acceptors (Lipinski definition) is 12. The van der Waals surface area contributed by atoms with Crippen molar-refractivity contribution in [3.8, 4) is 34.1 Å². The summed E-state index contributed by atoms with van der Waals surface area (Å²) in [6, 6.07) is 5.82. The number of hydrogen-bond donors (Lipinski definition) is 2. The number of aromatic nitrogens is 5. The number of amides is 1. The van der Waals surface area contributed by atoms with Crippen molar-refractivity contribution in [1.82, 2.24) is 30.6 Å². The Balaban J connectivity index is 1.50. The minimum atomic E-state index is -2.36. The summed E-state index contributed by atoms with van der Waals surface area (Å²) in [5.74, 6) is 3.46. The number of carbonyl (C=O) groups excluding carboxylic acids is 1. The van der Waals surface area contributed by atoms with E-state index in [1.165, 1.54) is 0 Å². The van der Waals surface area contributed by atoms with E-state index in [0.29, 0.717) is 77.3 Å². The average Bonchev–Trinajstić information content (AvgIpc) is 3.67. The van der Waals surface area contributed by atoms with Crippen LogP contribution in [0.3, 0.4) is 0 Å². The molecule has 0 aliphatic heterocycles. The van der Waals surface area contributed by atoms with Crippen LogP contribution in [0.2, 0.25) is 18.1 Å². The molecule has 1 saturated carbocycles. The molecule has 1 aliphatic rings. The van der Waals surface area contributed by atoms with Crippen molar-refractivity contribution in [2.75, 3.05) is 18.5 Å². The molecule has 14 heteroatoms. The number of para-hydroxylation sites is 1. The average molecular weight is 722 g/mol. The highest BCUT2D eigenvalue weighted by molar-refractivity contribution is 7.15. The Bertz CT molecular complexity index is 1800. The van der Waals surface area contributed by atoms with Crippen LogP contribution in [-0.4, -0.2) is 58.5 Å². The second kappa shape index (κ2) is 14.7. The summed E-state index contributed by atoms with van der Waals surface area (Å²) in [7, 11) is -2.36. The normalized spacial score (nSPS) is 13.7. The molecule has 0 atom stereocenters. The van der Waals surface area contributed by atoms with E-state index in [4.69, 9.17) is 28.4 Å². The second-order valence-corrected chi connectivity index (χ2v) is 21.2. The number of anilines is 2. The summed E-state index contributed by atoms with van der Waals surface area (Å²) in [5.41, 5.74) is 3.46. The Hall–Kier alpha value is -4.04. The van der Waals surface area contributed by atoms with Gasteiger partial charge in [0.25, 0.3) is 8.32 Å². The van der Waals surface area contributed by atoms with Crippen molar-refractivity contribution in [3.05, 3.63) is 40.2 Å². The number of rotatable bonds is 13. The Morgan fingerprint density at radius 2 is 1.74 bits per heavy atom. The van der Waals surface area contributed by atoms with Gasteiger partial charge in [0.15, 0.2) is 17.3 Å². The van der Waals surface area contributed by atoms with Gasteiger partial charge >= 0.3 is 6.09 Å². The molecule has 1 amide bonds. The van der Waals surface area contributed by atoms with Crippen LogP contribution in [-0.2, 0) is 4.74 Å². The number of nitrogens with zero attached hydrogens (tertiary/aromatic N) is 5. The van der Waals surface area contributed by atoms with Crippen LogP contribution in [0, 0.1) is 20.8 Å². The number of ether oxygens (including phenoxy) is 2. The minimum Gasteiger partial charge on any atom is -0.541 e. The molecule has 0 saturated heterocycles. The van der Waals surface area contributed by atoms with Gasteiger partial charge in [-0.2, -0.15) is 0 Å². The lowest BCUT2D eigenvalue weighted by Crippen LogP contribution is -2.44. The third-order valence-corrected chi connectivity index (χ3v) is 14.2. The maximum Gasteiger partial charge on any atom is 0.407 e. The molecule has 3 aromatic heterocycles. The van der Waals surface area contributed by atoms with E-state index >= 15 is 0 Å². The van der Waals surface area contributed by atoms with E-state index < -0.39 is 14.4 Å². The van der Waals surface area contributed by atoms with Crippen molar-refractivity contribution < 1.29 is 23.2 Å². The van der Waals surface area contributed by atoms with Gasteiger partial charge in [-0.15, -0.1) is 10.2 Å². The summed E-state index contributed by atoms with van der Waals surface area (Å²) in [4.78, 5) is 22.3. The zero-order chi connectivity index (χ0) is 36.4. The third-order valence-electron chi connectivity index (χ3n) is 8.90. The summed E-state index contributed by atoms with van der Waals surface area (Å²) in [5, 5.41) is 21.0. The molecule has 4 aromatic rings. The highest BCUT2D eigenvalue weighted by Gasteiger charge is 2.40. The van der Waals surface area contributed by atoms with Gasteiger partial charge < -0.3 is 29.1 Å². The van der Waals surface area contributed by atoms with Gasteiger partial charge in [-0.3, -0.25) is 0 Å². The van der Waals surface area contributed by atoms with Gasteiger partial charge in [-0.25, -0.2) is 14.8 Å². The lowest BCUT2D eigenvalue weighted by Gasteiger charge is -2.37. The Morgan fingerprint density at radius 1 is 1.02 bits per heavy atom. The van der Waals surface area contributed by atoms with Gasteiger partial charge in [-0.05, 0) is 97.5 Å². The molecule has 1 aromatic carbocycles. The van der Waals surface area contributed by atoms with E-state index in [0.717, 1.165) is 34.7 Å². The summed E-state index contributed by atoms with van der Waals surface area (Å²) in [6.07, 6.45) is 3.22. The third kappa shape index (κ3) is 9.00. The fraction of sp³-hybridized carbons (Fsp3) is 0.556. The molecule has 0 radical (unpaired) electrons. The van der Waals surface area contributed by atoms with Crippen LogP contribution in [0.4, 0.5) is 15.7 Å². The van der Waals surface area contributed by atoms with Crippen LogP contribution in [0.15, 0.2) is 22.7 Å². The predicted molar refractivity (Wildman–Crippen MR) is 199 cm³/mol. The van der Waals surface area contributed by atoms with E-state index in [1.54, 1.807) is 11.3 Å². The molecule has 50 heavy (non-hydrogen) atoms. The SMILES string of the molecule is Cc1noc(C)c1-c1nc(-c2cccc(OCCCCOC(=O)NC(C)(C)C)c2O[Si](C)(C)C(C)(C)C)nc(Nc2nnc(C3CC3)s2)c1C. The lowest BCUT2D eigenvalue weighted by molar-refractivity contribution is 0.133. The Morgan fingerprint density at radius 3 is 2.38 bits per heavy atom. The van der Waals surface area contributed by atoms with Gasteiger partial charge in [0.05, 0.1) is 35.7 Å². The highest BCUT2D eigenvalue weighted by atomic mass is 32.1. The van der Waals surface area contributed by atoms with Crippen molar-refractivity contribution in [1.29, 1.82) is 0 Å². The summed E-state index contributed by atoms with van der Waals surface area (Å²) < 4.78 is 24.3. The molecule has 12 nitrogen and oxygen atoms in total. The van der Waals surface area contributed by atoms with Crippen LogP contribution < -0.4 is 19.8 Å². The van der Waals surface area contributed by atoms with Crippen molar-refractivity contribution in [2.45, 2.75) is 118 Å². The topological polar surface area (TPSA) is 146 Å². The minimum absolute atomic E-state index is 0.0812. The fourth-order valence-corrected chi connectivity index (χ4v) is 6.86. The van der Waals surface area contributed by atoms with E-state index in [2.05, 4.69) is 59.9 Å². The first kappa shape index (κ1) is 37.2. The van der Waals surface area contributed by atoms with Crippen molar-refractivity contribution in [3.63, 3.8) is 0 Å².